The first-order valence-electron chi connectivity index (χ1n) is 8.98. The zero-order valence-electron chi connectivity index (χ0n) is 16.0. The third-order valence-electron chi connectivity index (χ3n) is 4.80. The van der Waals surface area contributed by atoms with E-state index in [-0.39, 0.29) is 12.1 Å². The Balaban J connectivity index is 1.82. The molecule has 1 aliphatic heterocycles. The number of nitrogens with zero attached hydrogens (tertiary/aromatic N) is 3. The molecular formula is C19H32N4O2. The topological polar surface area (TPSA) is 48.1 Å². The van der Waals surface area contributed by atoms with Gasteiger partial charge < -0.3 is 19.9 Å². The number of rotatable bonds is 7. The fourth-order valence-electron chi connectivity index (χ4n) is 3.08. The van der Waals surface area contributed by atoms with E-state index in [1.807, 2.05) is 19.0 Å². The maximum absolute atomic E-state index is 12.5. The minimum Gasteiger partial charge on any atom is -0.383 e. The number of aryl methyl sites for hydroxylation is 1. The maximum atomic E-state index is 12.5. The summed E-state index contributed by atoms with van der Waals surface area (Å²) in [4.78, 5) is 18.9. The van der Waals surface area contributed by atoms with Crippen LogP contribution in [0.3, 0.4) is 0 Å². The van der Waals surface area contributed by atoms with Crippen molar-refractivity contribution < 1.29 is 9.53 Å². The number of piperazine rings is 1. The molecule has 0 aromatic heterocycles. The summed E-state index contributed by atoms with van der Waals surface area (Å²) >= 11 is 0. The molecule has 2 amide bonds. The van der Waals surface area contributed by atoms with Crippen LogP contribution >= 0.6 is 0 Å². The summed E-state index contributed by atoms with van der Waals surface area (Å²) in [5, 5.41) is 3.11. The Morgan fingerprint density at radius 2 is 1.84 bits per heavy atom. The average molecular weight is 348 g/mol. The molecule has 1 aliphatic rings. The molecule has 1 fully saturated rings. The first-order valence-corrected chi connectivity index (χ1v) is 8.98. The zero-order chi connectivity index (χ0) is 18.2. The fraction of sp³-hybridized carbons (Fsp3) is 0.632. The highest BCUT2D eigenvalue weighted by Crippen LogP contribution is 2.18. The van der Waals surface area contributed by atoms with E-state index >= 15 is 0 Å². The lowest BCUT2D eigenvalue weighted by molar-refractivity contribution is 0.105. The van der Waals surface area contributed by atoms with Crippen molar-refractivity contribution in [3.05, 3.63) is 35.4 Å². The first kappa shape index (κ1) is 19.7. The standard InChI is InChI=1S/C19H32N4O2/c1-16-5-7-17(8-6-16)18(21(2)3)15-20-19(24)23-11-9-22(10-12-23)13-14-25-4/h5-8,18H,9-15H2,1-4H3,(H,20,24)/t18-/m1/s1. The minimum absolute atomic E-state index is 0.0327. The average Bonchev–Trinajstić information content (AvgIpc) is 2.61. The molecule has 1 saturated heterocycles. The van der Waals surface area contributed by atoms with Crippen LogP contribution in [0.4, 0.5) is 4.79 Å². The van der Waals surface area contributed by atoms with Crippen LogP contribution in [0.15, 0.2) is 24.3 Å². The third-order valence-corrected chi connectivity index (χ3v) is 4.80. The molecule has 1 atom stereocenters. The lowest BCUT2D eigenvalue weighted by atomic mass is 10.0. The molecule has 0 spiro atoms. The van der Waals surface area contributed by atoms with Crippen molar-refractivity contribution in [2.45, 2.75) is 13.0 Å². The summed E-state index contributed by atoms with van der Waals surface area (Å²) in [5.74, 6) is 0. The Kier molecular flexibility index (Phi) is 7.68. The van der Waals surface area contributed by atoms with E-state index in [0.29, 0.717) is 6.54 Å². The van der Waals surface area contributed by atoms with Crippen molar-refractivity contribution in [3.8, 4) is 0 Å². The second-order valence-corrected chi connectivity index (χ2v) is 6.90. The van der Waals surface area contributed by atoms with Crippen LogP contribution in [-0.2, 0) is 4.74 Å². The number of urea groups is 1. The number of hydrogen-bond donors (Lipinski definition) is 1. The van der Waals surface area contributed by atoms with Crippen molar-refractivity contribution in [1.82, 2.24) is 20.0 Å². The second-order valence-electron chi connectivity index (χ2n) is 6.90. The molecule has 0 bridgehead atoms. The molecule has 0 radical (unpaired) electrons. The molecule has 0 unspecified atom stereocenters. The number of nitrogens with one attached hydrogen (secondary N) is 1. The number of hydrogen-bond acceptors (Lipinski definition) is 4. The summed E-state index contributed by atoms with van der Waals surface area (Å²) in [6.45, 7) is 7.73. The van der Waals surface area contributed by atoms with E-state index in [9.17, 15) is 4.79 Å². The Morgan fingerprint density at radius 1 is 1.20 bits per heavy atom. The van der Waals surface area contributed by atoms with Gasteiger partial charge in [-0.25, -0.2) is 4.79 Å². The first-order chi connectivity index (χ1) is 12.0. The molecule has 1 N–H and O–H groups in total. The van der Waals surface area contributed by atoms with Crippen LogP contribution in [0.2, 0.25) is 0 Å². The molecule has 1 heterocycles. The van der Waals surface area contributed by atoms with Gasteiger partial charge in [-0.3, -0.25) is 4.90 Å². The normalized spacial score (nSPS) is 16.9. The second kappa shape index (κ2) is 9.75. The molecule has 0 saturated carbocycles. The van der Waals surface area contributed by atoms with Crippen molar-refractivity contribution in [1.29, 1.82) is 0 Å². The predicted molar refractivity (Wildman–Crippen MR) is 101 cm³/mol. The van der Waals surface area contributed by atoms with Gasteiger partial charge in [0.25, 0.3) is 0 Å². The highest BCUT2D eigenvalue weighted by molar-refractivity contribution is 5.74. The molecule has 2 rings (SSSR count). The predicted octanol–water partition coefficient (Wildman–Crippen LogP) is 1.57. The van der Waals surface area contributed by atoms with Gasteiger partial charge in [-0.1, -0.05) is 29.8 Å². The molecule has 0 aliphatic carbocycles. The number of carbonyl (C=O) groups is 1. The van der Waals surface area contributed by atoms with Gasteiger partial charge in [0.05, 0.1) is 12.6 Å². The lowest BCUT2D eigenvalue weighted by Crippen LogP contribution is -2.53. The highest BCUT2D eigenvalue weighted by atomic mass is 16.5. The number of likely N-dealkylation sites (N-methyl/N-ethyl adjacent to an activating group) is 1. The molecular weight excluding hydrogens is 316 g/mol. The third kappa shape index (κ3) is 5.99. The Labute approximate surface area is 151 Å². The van der Waals surface area contributed by atoms with E-state index in [1.165, 1.54) is 11.1 Å². The van der Waals surface area contributed by atoms with Crippen LogP contribution in [0.5, 0.6) is 0 Å². The van der Waals surface area contributed by atoms with Crippen LogP contribution in [-0.4, -0.2) is 87.8 Å². The van der Waals surface area contributed by atoms with Gasteiger partial charge in [-0.2, -0.15) is 0 Å². The highest BCUT2D eigenvalue weighted by Gasteiger charge is 2.22. The molecule has 1 aromatic carbocycles. The van der Waals surface area contributed by atoms with E-state index in [1.54, 1.807) is 7.11 Å². The van der Waals surface area contributed by atoms with Crippen LogP contribution in [0, 0.1) is 6.92 Å². The van der Waals surface area contributed by atoms with E-state index in [4.69, 9.17) is 4.74 Å². The van der Waals surface area contributed by atoms with Crippen molar-refractivity contribution in [3.63, 3.8) is 0 Å². The number of benzene rings is 1. The summed E-state index contributed by atoms with van der Waals surface area (Å²) in [7, 11) is 5.81. The quantitative estimate of drug-likeness (QED) is 0.813. The van der Waals surface area contributed by atoms with Gasteiger partial charge in [-0.15, -0.1) is 0 Å². The van der Waals surface area contributed by atoms with Crippen LogP contribution in [0.25, 0.3) is 0 Å². The number of methoxy groups -OCH3 is 1. The van der Waals surface area contributed by atoms with Crippen LogP contribution < -0.4 is 5.32 Å². The van der Waals surface area contributed by atoms with Gasteiger partial charge in [-0.05, 0) is 26.6 Å². The Bertz CT molecular complexity index is 525. The number of ether oxygens (including phenoxy) is 1. The number of carbonyl (C=O) groups excluding carboxylic acids is 1. The maximum Gasteiger partial charge on any atom is 0.317 e. The van der Waals surface area contributed by atoms with E-state index in [0.717, 1.165) is 39.3 Å². The summed E-state index contributed by atoms with van der Waals surface area (Å²) in [5.41, 5.74) is 2.47. The zero-order valence-corrected chi connectivity index (χ0v) is 16.0. The van der Waals surface area contributed by atoms with Gasteiger partial charge in [0.1, 0.15) is 0 Å². The summed E-state index contributed by atoms with van der Waals surface area (Å²) < 4.78 is 5.12. The number of amides is 2. The molecule has 6 heteroatoms. The summed E-state index contributed by atoms with van der Waals surface area (Å²) in [6.07, 6.45) is 0. The molecule has 1 aromatic rings. The van der Waals surface area contributed by atoms with Gasteiger partial charge in [0, 0.05) is 46.4 Å². The Morgan fingerprint density at radius 3 is 2.40 bits per heavy atom. The smallest absolute Gasteiger partial charge is 0.317 e. The van der Waals surface area contributed by atoms with E-state index < -0.39 is 0 Å². The van der Waals surface area contributed by atoms with Crippen molar-refractivity contribution in [2.24, 2.45) is 0 Å². The molecule has 140 valence electrons. The van der Waals surface area contributed by atoms with Crippen molar-refractivity contribution in [2.75, 3.05) is 67.1 Å². The lowest BCUT2D eigenvalue weighted by Gasteiger charge is -2.35. The van der Waals surface area contributed by atoms with Crippen LogP contribution in [0.1, 0.15) is 17.2 Å². The summed E-state index contributed by atoms with van der Waals surface area (Å²) in [6, 6.07) is 8.72. The monoisotopic (exact) mass is 348 g/mol. The van der Waals surface area contributed by atoms with Gasteiger partial charge in [0.15, 0.2) is 0 Å². The van der Waals surface area contributed by atoms with E-state index in [2.05, 4.69) is 46.3 Å². The minimum atomic E-state index is 0.0327. The largest absolute Gasteiger partial charge is 0.383 e. The molecule has 6 nitrogen and oxygen atoms in total. The molecule has 25 heavy (non-hydrogen) atoms. The Hall–Kier alpha value is -1.63. The van der Waals surface area contributed by atoms with Gasteiger partial charge in [0.2, 0.25) is 0 Å². The van der Waals surface area contributed by atoms with Crippen molar-refractivity contribution >= 4 is 6.03 Å². The fourth-order valence-corrected chi connectivity index (χ4v) is 3.08. The SMILES string of the molecule is COCCN1CCN(C(=O)NC[C@H](c2ccc(C)cc2)N(C)C)CC1. The van der Waals surface area contributed by atoms with Gasteiger partial charge >= 0.3 is 6.03 Å².